The Bertz CT molecular complexity index is 1590. The van der Waals surface area contributed by atoms with E-state index in [0.717, 1.165) is 148 Å². The molecule has 79 heavy (non-hydrogen) atoms. The molecule has 0 amide bonds. The van der Waals surface area contributed by atoms with Crippen LogP contribution in [0.15, 0.2) is 109 Å². The minimum Gasteiger partial charge on any atom is -0.462 e. The lowest BCUT2D eigenvalue weighted by Gasteiger charge is -2.18. The van der Waals surface area contributed by atoms with Crippen molar-refractivity contribution in [3.8, 4) is 0 Å². The smallest absolute Gasteiger partial charge is 0.306 e. The monoisotopic (exact) mass is 1100 g/mol. The Morgan fingerprint density at radius 3 is 0.772 bits per heavy atom. The summed E-state index contributed by atoms with van der Waals surface area (Å²) < 4.78 is 16.9. The first-order valence-corrected chi connectivity index (χ1v) is 33.4. The molecule has 6 nitrogen and oxygen atoms in total. The molecular weight excluding hydrogens is 973 g/mol. The number of allylic oxidation sites excluding steroid dienone is 18. The van der Waals surface area contributed by atoms with Crippen LogP contribution in [0.3, 0.4) is 0 Å². The molecule has 0 heterocycles. The second-order valence-electron chi connectivity index (χ2n) is 22.0. The minimum absolute atomic E-state index is 0.0905. The topological polar surface area (TPSA) is 78.9 Å². The van der Waals surface area contributed by atoms with Crippen LogP contribution in [0, 0.1) is 0 Å². The molecule has 0 rings (SSSR count). The van der Waals surface area contributed by atoms with Crippen molar-refractivity contribution in [3.63, 3.8) is 0 Å². The van der Waals surface area contributed by atoms with Crippen molar-refractivity contribution in [2.45, 2.75) is 322 Å². The minimum atomic E-state index is -0.794. The number of hydrogen-bond acceptors (Lipinski definition) is 6. The second-order valence-corrected chi connectivity index (χ2v) is 22.0. The molecule has 6 heteroatoms. The van der Waals surface area contributed by atoms with Crippen LogP contribution in [0.2, 0.25) is 0 Å². The van der Waals surface area contributed by atoms with Crippen LogP contribution in [0.25, 0.3) is 0 Å². The third kappa shape index (κ3) is 64.8. The lowest BCUT2D eigenvalue weighted by molar-refractivity contribution is -0.167. The van der Waals surface area contributed by atoms with Crippen molar-refractivity contribution in [2.24, 2.45) is 0 Å². The van der Waals surface area contributed by atoms with Gasteiger partial charge in [-0.1, -0.05) is 304 Å². The summed E-state index contributed by atoms with van der Waals surface area (Å²) in [4.78, 5) is 38.4. The molecule has 1 unspecified atom stereocenters. The molecule has 0 aliphatic carbocycles. The van der Waals surface area contributed by atoms with Crippen LogP contribution in [-0.4, -0.2) is 37.2 Å². The van der Waals surface area contributed by atoms with Crippen LogP contribution in [0.4, 0.5) is 0 Å². The molecule has 0 saturated heterocycles. The van der Waals surface area contributed by atoms with E-state index in [1.165, 1.54) is 128 Å². The number of carbonyl (C=O) groups excluding carboxylic acids is 3. The average Bonchev–Trinajstić information content (AvgIpc) is 3.45. The van der Waals surface area contributed by atoms with Gasteiger partial charge in [-0.2, -0.15) is 0 Å². The largest absolute Gasteiger partial charge is 0.462 e. The zero-order chi connectivity index (χ0) is 57.1. The molecule has 0 spiro atoms. The number of ether oxygens (including phenoxy) is 3. The van der Waals surface area contributed by atoms with E-state index in [9.17, 15) is 14.4 Å². The first-order chi connectivity index (χ1) is 39.0. The highest BCUT2D eigenvalue weighted by Gasteiger charge is 2.19. The van der Waals surface area contributed by atoms with Crippen LogP contribution >= 0.6 is 0 Å². The molecule has 1 atom stereocenters. The van der Waals surface area contributed by atoms with Gasteiger partial charge < -0.3 is 14.2 Å². The first-order valence-electron chi connectivity index (χ1n) is 33.4. The summed E-state index contributed by atoms with van der Waals surface area (Å²) >= 11 is 0. The van der Waals surface area contributed by atoms with Crippen LogP contribution in [0.5, 0.6) is 0 Å². The predicted molar refractivity (Wildman–Crippen MR) is 343 cm³/mol. The Hall–Kier alpha value is -3.93. The third-order valence-corrected chi connectivity index (χ3v) is 14.3. The van der Waals surface area contributed by atoms with Crippen LogP contribution in [0.1, 0.15) is 316 Å². The van der Waals surface area contributed by atoms with Gasteiger partial charge in [-0.25, -0.2) is 0 Å². The van der Waals surface area contributed by atoms with Gasteiger partial charge in [0.15, 0.2) is 6.10 Å². The van der Waals surface area contributed by atoms with Gasteiger partial charge in [0.1, 0.15) is 13.2 Å². The molecule has 0 aliphatic rings. The molecule has 0 bridgehead atoms. The molecule has 452 valence electrons. The molecule has 0 radical (unpaired) electrons. The maximum absolute atomic E-state index is 12.9. The number of rotatable bonds is 60. The van der Waals surface area contributed by atoms with Gasteiger partial charge in [0.25, 0.3) is 0 Å². The standard InChI is InChI=1S/C73H124O6/c1-4-7-10-13-16-19-22-25-28-30-32-34-35-36-37-39-40-42-45-48-51-54-57-60-63-66-72(75)78-69-70(68-77-71(74)65-62-59-56-53-50-47-44-27-24-21-18-15-12-9-6-3)79-73(76)67-64-61-58-55-52-49-46-43-41-38-33-31-29-26-23-20-17-14-11-8-5-2/h7,9-10,12,16,18-19,21,25,27-28,32,34,36-37,40,42,44,70H,4-6,8,11,13-15,17,20,22-24,26,29-31,33,35,38-39,41,43,45-69H2,1-3H3/b10-7-,12-9-,19-16-,21-18-,28-25-,34-32-,37-36-,42-40-,44-27-. The number of carbonyl (C=O) groups is 3. The van der Waals surface area contributed by atoms with Gasteiger partial charge in [-0.15, -0.1) is 0 Å². The fraction of sp³-hybridized carbons (Fsp3) is 0.712. The Balaban J connectivity index is 4.39. The third-order valence-electron chi connectivity index (χ3n) is 14.3. The summed E-state index contributed by atoms with van der Waals surface area (Å²) in [6.07, 6.45) is 91.0. The molecule has 0 aromatic rings. The van der Waals surface area contributed by atoms with Gasteiger partial charge in [0.2, 0.25) is 0 Å². The van der Waals surface area contributed by atoms with Crippen molar-refractivity contribution >= 4 is 17.9 Å². The maximum Gasteiger partial charge on any atom is 0.306 e. The zero-order valence-corrected chi connectivity index (χ0v) is 51.9. The van der Waals surface area contributed by atoms with Gasteiger partial charge >= 0.3 is 17.9 Å². The second kappa shape index (κ2) is 66.6. The van der Waals surface area contributed by atoms with Gasteiger partial charge in [0.05, 0.1) is 0 Å². The fourth-order valence-electron chi connectivity index (χ4n) is 9.35. The Morgan fingerprint density at radius 2 is 0.494 bits per heavy atom. The highest BCUT2D eigenvalue weighted by atomic mass is 16.6. The normalized spacial score (nSPS) is 12.8. The maximum atomic E-state index is 12.9. The van der Waals surface area contributed by atoms with E-state index in [4.69, 9.17) is 14.2 Å². The highest BCUT2D eigenvalue weighted by Crippen LogP contribution is 2.17. The van der Waals surface area contributed by atoms with E-state index in [1.807, 2.05) is 0 Å². The number of esters is 3. The fourth-order valence-corrected chi connectivity index (χ4v) is 9.35. The summed E-state index contributed by atoms with van der Waals surface area (Å²) in [7, 11) is 0. The lowest BCUT2D eigenvalue weighted by Crippen LogP contribution is -2.30. The Morgan fingerprint density at radius 1 is 0.266 bits per heavy atom. The van der Waals surface area contributed by atoms with Crippen molar-refractivity contribution in [1.29, 1.82) is 0 Å². The SMILES string of the molecule is CC/C=C\C/C=C\C/C=C\C/C=C\C/C=C\C/C=C\CCCCCCCCC(=O)OCC(COC(=O)CCCCCCC/C=C\C/C=C\C/C=C\CC)OC(=O)CCCCCCCCCCCCCCCCCCCCCCC. The quantitative estimate of drug-likeness (QED) is 0.0261. The van der Waals surface area contributed by atoms with E-state index in [2.05, 4.69) is 130 Å². The number of unbranched alkanes of at least 4 members (excludes halogenated alkanes) is 31. The lowest BCUT2D eigenvalue weighted by atomic mass is 10.0. The van der Waals surface area contributed by atoms with E-state index < -0.39 is 6.10 Å². The van der Waals surface area contributed by atoms with Crippen LogP contribution in [-0.2, 0) is 28.6 Å². The van der Waals surface area contributed by atoms with Crippen molar-refractivity contribution in [3.05, 3.63) is 109 Å². The highest BCUT2D eigenvalue weighted by molar-refractivity contribution is 5.71. The summed E-state index contributed by atoms with van der Waals surface area (Å²) in [5, 5.41) is 0. The summed E-state index contributed by atoms with van der Waals surface area (Å²) in [5.41, 5.74) is 0. The van der Waals surface area contributed by atoms with Crippen molar-refractivity contribution in [2.75, 3.05) is 13.2 Å². The zero-order valence-electron chi connectivity index (χ0n) is 51.9. The molecule has 0 fully saturated rings. The predicted octanol–water partition coefficient (Wildman–Crippen LogP) is 23.0. The van der Waals surface area contributed by atoms with E-state index in [0.29, 0.717) is 19.3 Å². The average molecular weight is 1100 g/mol. The van der Waals surface area contributed by atoms with Gasteiger partial charge in [-0.05, 0) is 103 Å². The molecule has 0 aromatic carbocycles. The summed E-state index contributed by atoms with van der Waals surface area (Å²) in [6, 6.07) is 0. The summed E-state index contributed by atoms with van der Waals surface area (Å²) in [6.45, 7) is 6.42. The summed E-state index contributed by atoms with van der Waals surface area (Å²) in [5.74, 6) is -0.908. The number of hydrogen-bond donors (Lipinski definition) is 0. The van der Waals surface area contributed by atoms with Crippen LogP contribution < -0.4 is 0 Å². The Labute approximate surface area is 489 Å². The Kier molecular flexibility index (Phi) is 63.3. The molecule has 0 aromatic heterocycles. The van der Waals surface area contributed by atoms with E-state index in [-0.39, 0.29) is 31.1 Å². The molecule has 0 N–H and O–H groups in total. The van der Waals surface area contributed by atoms with Gasteiger partial charge in [-0.3, -0.25) is 14.4 Å². The van der Waals surface area contributed by atoms with Crippen molar-refractivity contribution < 1.29 is 28.6 Å². The molecule has 0 saturated carbocycles. The first kappa shape index (κ1) is 75.1. The molecule has 0 aliphatic heterocycles. The van der Waals surface area contributed by atoms with Crippen molar-refractivity contribution in [1.82, 2.24) is 0 Å². The van der Waals surface area contributed by atoms with E-state index >= 15 is 0 Å². The van der Waals surface area contributed by atoms with E-state index in [1.54, 1.807) is 0 Å². The van der Waals surface area contributed by atoms with Gasteiger partial charge in [0, 0.05) is 19.3 Å². The molecular formula is C73H124O6.